The number of rotatable bonds is 10. The SMILES string of the molecule is CCCc1cc(C#N)ccc1OCC(CNc1cnn(C(C)C)c(=O)c1Cl)OC. The lowest BCUT2D eigenvalue weighted by Crippen LogP contribution is -2.30. The van der Waals surface area contributed by atoms with E-state index in [0.717, 1.165) is 24.2 Å². The summed E-state index contributed by atoms with van der Waals surface area (Å²) >= 11 is 6.19. The first-order chi connectivity index (χ1) is 13.9. The molecule has 156 valence electrons. The molecule has 1 aromatic heterocycles. The van der Waals surface area contributed by atoms with Crippen molar-refractivity contribution in [2.75, 3.05) is 25.6 Å². The smallest absolute Gasteiger partial charge is 0.287 e. The maximum Gasteiger partial charge on any atom is 0.287 e. The summed E-state index contributed by atoms with van der Waals surface area (Å²) in [5.74, 6) is 0.743. The molecule has 2 aromatic rings. The molecule has 7 nitrogen and oxygen atoms in total. The molecule has 0 radical (unpaired) electrons. The lowest BCUT2D eigenvalue weighted by atomic mass is 10.1. The molecule has 2 rings (SSSR count). The van der Waals surface area contributed by atoms with Crippen molar-refractivity contribution in [2.45, 2.75) is 45.8 Å². The second-order valence-electron chi connectivity index (χ2n) is 6.95. The summed E-state index contributed by atoms with van der Waals surface area (Å²) in [7, 11) is 1.60. The predicted molar refractivity (Wildman–Crippen MR) is 114 cm³/mol. The Morgan fingerprint density at radius 2 is 2.14 bits per heavy atom. The van der Waals surface area contributed by atoms with Gasteiger partial charge >= 0.3 is 0 Å². The van der Waals surface area contributed by atoms with E-state index in [1.165, 1.54) is 10.9 Å². The monoisotopic (exact) mass is 418 g/mol. The standard InChI is InChI=1S/C21H27ClN4O3/c1-5-6-16-9-15(10-23)7-8-19(16)29-13-17(28-4)11-24-18-12-25-26(14(2)3)21(27)20(18)22/h7-9,12,14,17,24H,5-6,11,13H2,1-4H3. The molecule has 0 fully saturated rings. The third kappa shape index (κ3) is 5.96. The zero-order valence-electron chi connectivity index (χ0n) is 17.2. The molecule has 1 unspecified atom stereocenters. The van der Waals surface area contributed by atoms with Gasteiger partial charge in [-0.2, -0.15) is 10.4 Å². The van der Waals surface area contributed by atoms with Gasteiger partial charge in [-0.1, -0.05) is 24.9 Å². The molecule has 0 aliphatic rings. The molecule has 8 heteroatoms. The molecule has 0 aliphatic carbocycles. The first kappa shape index (κ1) is 22.7. The maximum absolute atomic E-state index is 12.3. The van der Waals surface area contributed by atoms with Gasteiger partial charge in [0.05, 0.1) is 29.6 Å². The van der Waals surface area contributed by atoms with Crippen molar-refractivity contribution >= 4 is 17.3 Å². The van der Waals surface area contributed by atoms with Gasteiger partial charge in [-0.15, -0.1) is 0 Å². The van der Waals surface area contributed by atoms with Crippen LogP contribution in [0.25, 0.3) is 0 Å². The van der Waals surface area contributed by atoms with E-state index in [4.69, 9.17) is 26.3 Å². The van der Waals surface area contributed by atoms with E-state index in [9.17, 15) is 4.79 Å². The number of nitrogens with zero attached hydrogens (tertiary/aromatic N) is 3. The van der Waals surface area contributed by atoms with Crippen LogP contribution in [-0.4, -0.2) is 36.1 Å². The molecule has 29 heavy (non-hydrogen) atoms. The minimum Gasteiger partial charge on any atom is -0.491 e. The van der Waals surface area contributed by atoms with Crippen molar-refractivity contribution in [3.05, 3.63) is 50.9 Å². The number of anilines is 1. The lowest BCUT2D eigenvalue weighted by Gasteiger charge is -2.19. The normalized spacial score (nSPS) is 11.9. The fourth-order valence-corrected chi connectivity index (χ4v) is 3.01. The molecule has 0 saturated carbocycles. The second-order valence-corrected chi connectivity index (χ2v) is 7.33. The van der Waals surface area contributed by atoms with Crippen LogP contribution in [0.1, 0.15) is 44.4 Å². The summed E-state index contributed by atoms with van der Waals surface area (Å²) in [6.45, 7) is 6.51. The van der Waals surface area contributed by atoms with Crippen LogP contribution in [0, 0.1) is 11.3 Å². The van der Waals surface area contributed by atoms with E-state index in [1.54, 1.807) is 13.2 Å². The topological polar surface area (TPSA) is 89.2 Å². The number of nitrogens with one attached hydrogen (secondary N) is 1. The molecule has 1 N–H and O–H groups in total. The van der Waals surface area contributed by atoms with Crippen molar-refractivity contribution in [3.8, 4) is 11.8 Å². The quantitative estimate of drug-likeness (QED) is 0.631. The molecule has 1 heterocycles. The Labute approximate surface area is 176 Å². The zero-order valence-corrected chi connectivity index (χ0v) is 18.0. The van der Waals surface area contributed by atoms with Crippen molar-refractivity contribution in [1.82, 2.24) is 9.78 Å². The van der Waals surface area contributed by atoms with Crippen LogP contribution in [0.5, 0.6) is 5.75 Å². The van der Waals surface area contributed by atoms with Gasteiger partial charge in [-0.3, -0.25) is 4.79 Å². The van der Waals surface area contributed by atoms with E-state index in [-0.39, 0.29) is 22.7 Å². The number of methoxy groups -OCH3 is 1. The number of hydrogen-bond acceptors (Lipinski definition) is 6. The molecular formula is C21H27ClN4O3. The van der Waals surface area contributed by atoms with Crippen molar-refractivity contribution in [1.29, 1.82) is 5.26 Å². The number of benzene rings is 1. The number of halogens is 1. The third-order valence-electron chi connectivity index (χ3n) is 4.42. The Morgan fingerprint density at radius 3 is 2.76 bits per heavy atom. The van der Waals surface area contributed by atoms with E-state index in [2.05, 4.69) is 23.4 Å². The molecule has 1 atom stereocenters. The van der Waals surface area contributed by atoms with Crippen LogP contribution in [0.4, 0.5) is 5.69 Å². The molecule has 0 aliphatic heterocycles. The summed E-state index contributed by atoms with van der Waals surface area (Å²) in [6.07, 6.45) is 3.04. The van der Waals surface area contributed by atoms with Crippen LogP contribution >= 0.6 is 11.6 Å². The molecule has 0 bridgehead atoms. The van der Waals surface area contributed by atoms with E-state index < -0.39 is 0 Å². The van der Waals surface area contributed by atoms with Crippen LogP contribution in [0.2, 0.25) is 5.02 Å². The van der Waals surface area contributed by atoms with Gasteiger partial charge in [0.25, 0.3) is 5.56 Å². The molecule has 0 amide bonds. The van der Waals surface area contributed by atoms with Gasteiger partial charge in [0, 0.05) is 13.7 Å². The Morgan fingerprint density at radius 1 is 1.38 bits per heavy atom. The van der Waals surface area contributed by atoms with Gasteiger partial charge in [0.1, 0.15) is 23.5 Å². The molecule has 1 aromatic carbocycles. The van der Waals surface area contributed by atoms with Gasteiger partial charge in [-0.05, 0) is 44.0 Å². The van der Waals surface area contributed by atoms with Crippen molar-refractivity contribution in [3.63, 3.8) is 0 Å². The van der Waals surface area contributed by atoms with Gasteiger partial charge in [0.2, 0.25) is 0 Å². The first-order valence-corrected chi connectivity index (χ1v) is 9.98. The minimum absolute atomic E-state index is 0.0705. The van der Waals surface area contributed by atoms with Gasteiger partial charge in [0.15, 0.2) is 0 Å². The number of nitriles is 1. The summed E-state index contributed by atoms with van der Waals surface area (Å²) in [6, 6.07) is 7.49. The van der Waals surface area contributed by atoms with E-state index in [0.29, 0.717) is 24.4 Å². The number of hydrogen-bond donors (Lipinski definition) is 1. The molecule has 0 spiro atoms. The predicted octanol–water partition coefficient (Wildman–Crippen LogP) is 3.81. The number of ether oxygens (including phenoxy) is 2. The lowest BCUT2D eigenvalue weighted by molar-refractivity contribution is 0.0669. The van der Waals surface area contributed by atoms with Crippen molar-refractivity contribution < 1.29 is 9.47 Å². The fourth-order valence-electron chi connectivity index (χ4n) is 2.81. The Kier molecular flexibility index (Phi) is 8.50. The van der Waals surface area contributed by atoms with Gasteiger partial charge in [-0.25, -0.2) is 4.68 Å². The highest BCUT2D eigenvalue weighted by molar-refractivity contribution is 6.32. The summed E-state index contributed by atoms with van der Waals surface area (Å²) < 4.78 is 12.8. The van der Waals surface area contributed by atoms with E-state index >= 15 is 0 Å². The number of aryl methyl sites for hydroxylation is 1. The van der Waals surface area contributed by atoms with Crippen LogP contribution in [-0.2, 0) is 11.2 Å². The highest BCUT2D eigenvalue weighted by Gasteiger charge is 2.15. The highest BCUT2D eigenvalue weighted by atomic mass is 35.5. The van der Waals surface area contributed by atoms with Gasteiger partial charge < -0.3 is 14.8 Å². The van der Waals surface area contributed by atoms with E-state index in [1.807, 2.05) is 26.0 Å². The highest BCUT2D eigenvalue weighted by Crippen LogP contribution is 2.22. The van der Waals surface area contributed by atoms with Crippen LogP contribution in [0.3, 0.4) is 0 Å². The maximum atomic E-state index is 12.3. The minimum atomic E-state index is -0.335. The summed E-state index contributed by atoms with van der Waals surface area (Å²) in [5.41, 5.74) is 1.74. The average molecular weight is 419 g/mol. The molecule has 0 saturated heterocycles. The largest absolute Gasteiger partial charge is 0.491 e. The molecular weight excluding hydrogens is 392 g/mol. The van der Waals surface area contributed by atoms with Crippen LogP contribution < -0.4 is 15.6 Å². The summed E-state index contributed by atoms with van der Waals surface area (Å²) in [5, 5.41) is 16.4. The number of aromatic nitrogens is 2. The van der Waals surface area contributed by atoms with Crippen LogP contribution in [0.15, 0.2) is 29.2 Å². The fraction of sp³-hybridized carbons (Fsp3) is 0.476. The second kappa shape index (κ2) is 10.8. The zero-order chi connectivity index (χ0) is 21.4. The first-order valence-electron chi connectivity index (χ1n) is 9.61. The third-order valence-corrected chi connectivity index (χ3v) is 4.79. The Hall–Kier alpha value is -2.56. The summed E-state index contributed by atoms with van der Waals surface area (Å²) in [4.78, 5) is 12.3. The Balaban J connectivity index is 2.03. The van der Waals surface area contributed by atoms with Crippen molar-refractivity contribution in [2.24, 2.45) is 0 Å². The Bertz CT molecular complexity index is 921. The average Bonchev–Trinajstić information content (AvgIpc) is 2.71.